The van der Waals surface area contributed by atoms with Gasteiger partial charge in [-0.1, -0.05) is 36.4 Å². The highest BCUT2D eigenvalue weighted by Crippen LogP contribution is 2.38. The Kier molecular flexibility index (Phi) is 4.14. The minimum Gasteiger partial charge on any atom is -0.508 e. The van der Waals surface area contributed by atoms with Gasteiger partial charge in [0.15, 0.2) is 0 Å². The summed E-state index contributed by atoms with van der Waals surface area (Å²) in [7, 11) is 0. The number of carbonyl (C=O) groups is 1. The predicted molar refractivity (Wildman–Crippen MR) is 132 cm³/mol. The van der Waals surface area contributed by atoms with Gasteiger partial charge in [0.1, 0.15) is 5.75 Å². The number of hydrogen-bond acceptors (Lipinski definition) is 3. The minimum absolute atomic E-state index is 0.106. The first-order valence-corrected chi connectivity index (χ1v) is 11.7. The molecule has 168 valence electrons. The molecular formula is C28H24N4O2. The van der Waals surface area contributed by atoms with E-state index in [4.69, 9.17) is 0 Å². The Bertz CT molecular complexity index is 1600. The molecule has 0 fully saturated rings. The fourth-order valence-corrected chi connectivity index (χ4v) is 5.82. The van der Waals surface area contributed by atoms with E-state index in [9.17, 15) is 9.90 Å². The van der Waals surface area contributed by atoms with E-state index >= 15 is 0 Å². The van der Waals surface area contributed by atoms with Gasteiger partial charge in [-0.3, -0.25) is 4.79 Å². The molecule has 3 aromatic carbocycles. The highest BCUT2D eigenvalue weighted by Gasteiger charge is 2.34. The number of nitrogens with one attached hydrogen (secondary N) is 4. The second-order valence-electron chi connectivity index (χ2n) is 9.35. The topological polar surface area (TPSA) is 92.9 Å². The first kappa shape index (κ1) is 19.4. The van der Waals surface area contributed by atoms with Crippen molar-refractivity contribution in [3.63, 3.8) is 0 Å². The third-order valence-electron chi connectivity index (χ3n) is 7.35. The number of fused-ring (bicyclic) bond motifs is 5. The third-order valence-corrected chi connectivity index (χ3v) is 7.35. The first-order valence-electron chi connectivity index (χ1n) is 11.7. The highest BCUT2D eigenvalue weighted by molar-refractivity contribution is 6.01. The average Bonchev–Trinajstić information content (AvgIpc) is 3.57. The van der Waals surface area contributed by atoms with Crippen molar-refractivity contribution in [2.75, 3.05) is 0 Å². The number of para-hydroxylation sites is 2. The summed E-state index contributed by atoms with van der Waals surface area (Å²) in [5, 5.41) is 19.4. The van der Waals surface area contributed by atoms with E-state index in [2.05, 4.69) is 57.0 Å². The van der Waals surface area contributed by atoms with E-state index in [0.29, 0.717) is 18.2 Å². The van der Waals surface area contributed by atoms with Crippen molar-refractivity contribution in [1.82, 2.24) is 20.6 Å². The van der Waals surface area contributed by atoms with Gasteiger partial charge in [0.25, 0.3) is 5.91 Å². The Morgan fingerprint density at radius 2 is 1.68 bits per heavy atom. The van der Waals surface area contributed by atoms with Crippen LogP contribution in [0, 0.1) is 0 Å². The lowest BCUT2D eigenvalue weighted by Crippen LogP contribution is -2.30. The molecule has 0 spiro atoms. The molecule has 3 heterocycles. The van der Waals surface area contributed by atoms with Crippen LogP contribution in [0.4, 0.5) is 0 Å². The normalized spacial score (nSPS) is 19.0. The molecule has 1 aliphatic carbocycles. The van der Waals surface area contributed by atoms with Crippen molar-refractivity contribution < 1.29 is 9.90 Å². The second kappa shape index (κ2) is 7.23. The fraction of sp³-hybridized carbons (Fsp3) is 0.179. The molecule has 1 aliphatic heterocycles. The number of aromatic nitrogens is 2. The molecule has 2 aliphatic rings. The highest BCUT2D eigenvalue weighted by atomic mass is 16.3. The summed E-state index contributed by atoms with van der Waals surface area (Å²) >= 11 is 0. The number of H-pyrrole nitrogens is 2. The predicted octanol–water partition coefficient (Wildman–Crippen LogP) is 4.44. The number of benzene rings is 3. The third kappa shape index (κ3) is 2.89. The summed E-state index contributed by atoms with van der Waals surface area (Å²) < 4.78 is 0. The molecule has 5 N–H and O–H groups in total. The van der Waals surface area contributed by atoms with Crippen molar-refractivity contribution in [2.24, 2.45) is 0 Å². The van der Waals surface area contributed by atoms with Gasteiger partial charge in [-0.25, -0.2) is 0 Å². The van der Waals surface area contributed by atoms with E-state index in [-0.39, 0.29) is 17.7 Å². The average molecular weight is 449 g/mol. The van der Waals surface area contributed by atoms with Gasteiger partial charge in [-0.2, -0.15) is 0 Å². The Balaban J connectivity index is 1.22. The Labute approximate surface area is 196 Å². The van der Waals surface area contributed by atoms with E-state index in [1.807, 2.05) is 12.1 Å². The van der Waals surface area contributed by atoms with Crippen LogP contribution in [0.5, 0.6) is 5.75 Å². The van der Waals surface area contributed by atoms with Crippen LogP contribution in [0.15, 0.2) is 66.7 Å². The molecule has 5 aromatic rings. The number of hydrogen-bond donors (Lipinski definition) is 5. The smallest absolute Gasteiger partial charge is 0.252 e. The molecule has 2 aromatic heterocycles. The molecule has 0 saturated heterocycles. The van der Waals surface area contributed by atoms with Crippen molar-refractivity contribution in [2.45, 2.75) is 31.5 Å². The summed E-state index contributed by atoms with van der Waals surface area (Å²) in [5.41, 5.74) is 8.54. The summed E-state index contributed by atoms with van der Waals surface area (Å²) in [6.45, 7) is 0.664. The number of carbonyl (C=O) groups excluding carboxylic acids is 1. The van der Waals surface area contributed by atoms with Gasteiger partial charge in [0.2, 0.25) is 0 Å². The molecule has 2 atom stereocenters. The minimum atomic E-state index is -0.303. The zero-order chi connectivity index (χ0) is 22.8. The fourth-order valence-electron chi connectivity index (χ4n) is 5.82. The van der Waals surface area contributed by atoms with Crippen LogP contribution in [0.1, 0.15) is 44.5 Å². The lowest BCUT2D eigenvalue weighted by atomic mass is 9.95. The van der Waals surface area contributed by atoms with Gasteiger partial charge in [-0.15, -0.1) is 0 Å². The molecular weight excluding hydrogens is 424 g/mol. The van der Waals surface area contributed by atoms with Crippen LogP contribution >= 0.6 is 0 Å². The molecule has 34 heavy (non-hydrogen) atoms. The zero-order valence-electron chi connectivity index (χ0n) is 18.5. The maximum absolute atomic E-state index is 12.7. The number of rotatable bonds is 4. The molecule has 1 unspecified atom stereocenters. The molecule has 0 bridgehead atoms. The Morgan fingerprint density at radius 1 is 0.912 bits per heavy atom. The maximum atomic E-state index is 12.7. The molecule has 0 radical (unpaired) electrons. The summed E-state index contributed by atoms with van der Waals surface area (Å²) in [6.07, 6.45) is 1.96. The van der Waals surface area contributed by atoms with Crippen LogP contribution in [-0.4, -0.2) is 27.0 Å². The standard InChI is InChI=1S/C28H24N4O2/c33-16-9-10-18-21(13-16)27(32-28(18)34)26-19-6-2-4-8-23(19)31-25(26)14-29-15-11-20-17-5-1-3-7-22(17)30-24(20)12-15/h1-10,13,15,27,29-31,33H,11-12,14H2,(H,32,34)/t15?,27-/m0/s1. The molecule has 6 nitrogen and oxygen atoms in total. The lowest BCUT2D eigenvalue weighted by molar-refractivity contribution is 0.0960. The number of phenols is 1. The van der Waals surface area contributed by atoms with E-state index in [1.54, 1.807) is 18.2 Å². The van der Waals surface area contributed by atoms with Crippen molar-refractivity contribution >= 4 is 27.7 Å². The van der Waals surface area contributed by atoms with Gasteiger partial charge >= 0.3 is 0 Å². The molecule has 0 saturated carbocycles. The number of phenolic OH excluding ortho intramolecular Hbond substituents is 1. The van der Waals surface area contributed by atoms with Crippen molar-refractivity contribution in [1.29, 1.82) is 0 Å². The van der Waals surface area contributed by atoms with E-state index in [1.165, 1.54) is 22.2 Å². The largest absolute Gasteiger partial charge is 0.508 e. The van der Waals surface area contributed by atoms with Crippen LogP contribution in [-0.2, 0) is 19.4 Å². The summed E-state index contributed by atoms with van der Waals surface area (Å²) in [4.78, 5) is 19.8. The Morgan fingerprint density at radius 3 is 2.53 bits per heavy atom. The maximum Gasteiger partial charge on any atom is 0.252 e. The number of aromatic hydroxyl groups is 1. The summed E-state index contributed by atoms with van der Waals surface area (Å²) in [5.74, 6) is 0.0597. The second-order valence-corrected chi connectivity index (χ2v) is 9.35. The SMILES string of the molecule is O=C1N[C@H](c2c(CNC3Cc4[nH]c5ccccc5c4C3)[nH]c3ccccc23)c2cc(O)ccc21. The van der Waals surface area contributed by atoms with E-state index in [0.717, 1.165) is 40.6 Å². The number of aromatic amines is 2. The zero-order valence-corrected chi connectivity index (χ0v) is 18.5. The van der Waals surface area contributed by atoms with Gasteiger partial charge in [0, 0.05) is 63.3 Å². The van der Waals surface area contributed by atoms with Crippen LogP contribution in [0.2, 0.25) is 0 Å². The van der Waals surface area contributed by atoms with Gasteiger partial charge < -0.3 is 25.7 Å². The lowest BCUT2D eigenvalue weighted by Gasteiger charge is -2.17. The summed E-state index contributed by atoms with van der Waals surface area (Å²) in [6, 6.07) is 21.7. The van der Waals surface area contributed by atoms with Crippen LogP contribution in [0.3, 0.4) is 0 Å². The van der Waals surface area contributed by atoms with E-state index < -0.39 is 0 Å². The molecule has 1 amide bonds. The van der Waals surface area contributed by atoms with Crippen molar-refractivity contribution in [3.8, 4) is 5.75 Å². The quantitative estimate of drug-likeness (QED) is 0.281. The van der Waals surface area contributed by atoms with Crippen LogP contribution in [0.25, 0.3) is 21.8 Å². The van der Waals surface area contributed by atoms with Gasteiger partial charge in [-0.05, 0) is 47.9 Å². The van der Waals surface area contributed by atoms with Crippen LogP contribution < -0.4 is 10.6 Å². The molecule has 6 heteroatoms. The Hall–Kier alpha value is -4.03. The monoisotopic (exact) mass is 448 g/mol. The number of amides is 1. The first-order chi connectivity index (χ1) is 16.7. The van der Waals surface area contributed by atoms with Crippen molar-refractivity contribution in [3.05, 3.63) is 100 Å². The van der Waals surface area contributed by atoms with Gasteiger partial charge in [0.05, 0.1) is 6.04 Å². The molecule has 7 rings (SSSR count).